The van der Waals surface area contributed by atoms with E-state index in [0.29, 0.717) is 11.8 Å². The Labute approximate surface area is 191 Å². The van der Waals surface area contributed by atoms with E-state index in [0.717, 1.165) is 12.1 Å². The molecule has 34 heavy (non-hydrogen) atoms. The zero-order chi connectivity index (χ0) is 24.6. The van der Waals surface area contributed by atoms with Gasteiger partial charge in [-0.25, -0.2) is 9.07 Å². The lowest BCUT2D eigenvalue weighted by Gasteiger charge is -2.35. The van der Waals surface area contributed by atoms with E-state index in [4.69, 9.17) is 0 Å². The van der Waals surface area contributed by atoms with Crippen molar-refractivity contribution in [3.63, 3.8) is 0 Å². The van der Waals surface area contributed by atoms with E-state index in [-0.39, 0.29) is 49.0 Å². The van der Waals surface area contributed by atoms with E-state index in [1.165, 1.54) is 21.8 Å². The number of aromatic nitrogens is 2. The van der Waals surface area contributed by atoms with E-state index >= 15 is 0 Å². The zero-order valence-corrected chi connectivity index (χ0v) is 17.9. The Morgan fingerprint density at radius 3 is 2.35 bits per heavy atom. The molecule has 1 amide bonds. The van der Waals surface area contributed by atoms with Crippen molar-refractivity contribution in [2.75, 3.05) is 31.1 Å². The molecule has 1 saturated heterocycles. The van der Waals surface area contributed by atoms with Crippen LogP contribution in [-0.4, -0.2) is 51.7 Å². The number of para-hydroxylation sites is 1. The summed E-state index contributed by atoms with van der Waals surface area (Å²) < 4.78 is 54.4. The molecular formula is C22H19F4N5O3. The van der Waals surface area contributed by atoms with E-state index < -0.39 is 28.2 Å². The second-order valence-corrected chi connectivity index (χ2v) is 7.74. The third-order valence-corrected chi connectivity index (χ3v) is 5.73. The van der Waals surface area contributed by atoms with Crippen LogP contribution in [0.15, 0.2) is 48.7 Å². The summed E-state index contributed by atoms with van der Waals surface area (Å²) in [6, 6.07) is 8.44. The van der Waals surface area contributed by atoms with Gasteiger partial charge in [0.2, 0.25) is 0 Å². The fourth-order valence-corrected chi connectivity index (χ4v) is 3.92. The molecule has 0 unspecified atom stereocenters. The highest BCUT2D eigenvalue weighted by molar-refractivity contribution is 5.95. The molecule has 0 spiro atoms. The molecular weight excluding hydrogens is 458 g/mol. The third-order valence-electron chi connectivity index (χ3n) is 5.73. The van der Waals surface area contributed by atoms with Crippen molar-refractivity contribution < 1.29 is 27.3 Å². The smallest absolute Gasteiger partial charge is 0.362 e. The molecule has 1 aliphatic rings. The van der Waals surface area contributed by atoms with Crippen molar-refractivity contribution in [2.45, 2.75) is 13.1 Å². The number of piperazine rings is 1. The lowest BCUT2D eigenvalue weighted by Crippen LogP contribution is -2.49. The number of nitrogens with zero attached hydrogens (tertiary/aromatic N) is 5. The fraction of sp³-hybridized carbons (Fsp3) is 0.273. The number of carbonyl (C=O) groups is 1. The molecule has 4 rings (SSSR count). The Morgan fingerprint density at radius 1 is 1.06 bits per heavy atom. The summed E-state index contributed by atoms with van der Waals surface area (Å²) in [7, 11) is 0. The Kier molecular flexibility index (Phi) is 5.98. The monoisotopic (exact) mass is 477 g/mol. The molecule has 0 radical (unpaired) electrons. The maximum Gasteiger partial charge on any atom is 0.416 e. The number of alkyl halides is 3. The van der Waals surface area contributed by atoms with Gasteiger partial charge < -0.3 is 9.80 Å². The molecule has 0 atom stereocenters. The molecule has 0 saturated carbocycles. The van der Waals surface area contributed by atoms with Crippen LogP contribution in [0.3, 0.4) is 0 Å². The van der Waals surface area contributed by atoms with Crippen LogP contribution in [-0.2, 0) is 6.18 Å². The number of hydrogen-bond donors (Lipinski definition) is 0. The first-order valence-corrected chi connectivity index (χ1v) is 10.3. The van der Waals surface area contributed by atoms with E-state index in [2.05, 4.69) is 5.10 Å². The van der Waals surface area contributed by atoms with Gasteiger partial charge in [-0.15, -0.1) is 0 Å². The van der Waals surface area contributed by atoms with Crippen LogP contribution < -0.4 is 4.90 Å². The van der Waals surface area contributed by atoms with E-state index in [1.807, 2.05) is 0 Å². The van der Waals surface area contributed by atoms with Gasteiger partial charge in [-0.05, 0) is 31.2 Å². The molecule has 1 fully saturated rings. The fourth-order valence-electron chi connectivity index (χ4n) is 3.92. The van der Waals surface area contributed by atoms with Gasteiger partial charge in [0.1, 0.15) is 17.2 Å². The highest BCUT2D eigenvalue weighted by atomic mass is 19.4. The third kappa shape index (κ3) is 4.30. The number of hydrogen-bond acceptors (Lipinski definition) is 5. The number of anilines is 1. The van der Waals surface area contributed by atoms with Crippen molar-refractivity contribution in [2.24, 2.45) is 0 Å². The topological polar surface area (TPSA) is 84.5 Å². The second-order valence-electron chi connectivity index (χ2n) is 7.74. The minimum absolute atomic E-state index is 0.0636. The largest absolute Gasteiger partial charge is 0.416 e. The maximum absolute atomic E-state index is 14.1. The predicted octanol–water partition coefficient (Wildman–Crippen LogP) is 4.21. The first-order valence-electron chi connectivity index (χ1n) is 10.3. The van der Waals surface area contributed by atoms with Gasteiger partial charge in [-0.1, -0.05) is 12.1 Å². The molecule has 8 nitrogen and oxygen atoms in total. The summed E-state index contributed by atoms with van der Waals surface area (Å²) in [5.41, 5.74) is -0.726. The van der Waals surface area contributed by atoms with Gasteiger partial charge in [-0.3, -0.25) is 14.9 Å². The van der Waals surface area contributed by atoms with Crippen LogP contribution in [0, 0.1) is 22.9 Å². The van der Waals surface area contributed by atoms with Gasteiger partial charge >= 0.3 is 6.18 Å². The van der Waals surface area contributed by atoms with Crippen molar-refractivity contribution in [3.8, 4) is 5.69 Å². The van der Waals surface area contributed by atoms with Crippen LogP contribution in [0.5, 0.6) is 0 Å². The first-order chi connectivity index (χ1) is 16.1. The number of nitro groups is 1. The van der Waals surface area contributed by atoms with Crippen LogP contribution in [0.1, 0.15) is 21.6 Å². The van der Waals surface area contributed by atoms with Crippen molar-refractivity contribution in [1.82, 2.24) is 14.7 Å². The van der Waals surface area contributed by atoms with Gasteiger partial charge in [0.15, 0.2) is 0 Å². The van der Waals surface area contributed by atoms with Crippen LogP contribution in [0.25, 0.3) is 5.69 Å². The van der Waals surface area contributed by atoms with E-state index in [1.54, 1.807) is 30.0 Å². The van der Waals surface area contributed by atoms with Gasteiger partial charge in [0.25, 0.3) is 11.6 Å². The SMILES string of the molecule is Cc1c(C(=O)N2CCN(c3ccc(C(F)(F)F)cc3[N+](=O)[O-])CC2)cnn1-c1ccccc1F. The molecule has 3 aromatic rings. The Morgan fingerprint density at radius 2 is 1.74 bits per heavy atom. The van der Waals surface area contributed by atoms with E-state index in [9.17, 15) is 32.5 Å². The first kappa shape index (κ1) is 23.2. The number of rotatable bonds is 4. The standard InChI is InChI=1S/C22H19F4N5O3/c1-14-16(13-27-30(14)18-5-3-2-4-17(18)23)21(32)29-10-8-28(9-11-29)19-7-6-15(22(24,25)26)12-20(19)31(33)34/h2-7,12-13H,8-11H2,1H3. The quantitative estimate of drug-likeness (QED) is 0.319. The summed E-state index contributed by atoms with van der Waals surface area (Å²) in [5, 5.41) is 15.5. The van der Waals surface area contributed by atoms with Gasteiger partial charge in [0, 0.05) is 32.2 Å². The molecule has 2 heterocycles. The molecule has 1 aromatic heterocycles. The minimum atomic E-state index is -4.70. The van der Waals surface area contributed by atoms with Crippen molar-refractivity contribution in [3.05, 3.63) is 81.4 Å². The molecule has 1 aliphatic heterocycles. The Bertz CT molecular complexity index is 1250. The number of nitro benzene ring substituents is 1. The average Bonchev–Trinajstić information content (AvgIpc) is 3.19. The highest BCUT2D eigenvalue weighted by Gasteiger charge is 2.34. The zero-order valence-electron chi connectivity index (χ0n) is 17.9. The average molecular weight is 477 g/mol. The maximum atomic E-state index is 14.1. The second kappa shape index (κ2) is 8.76. The van der Waals surface area contributed by atoms with Crippen molar-refractivity contribution in [1.29, 1.82) is 0 Å². The summed E-state index contributed by atoms with van der Waals surface area (Å²) in [6.45, 7) is 2.42. The van der Waals surface area contributed by atoms with Crippen molar-refractivity contribution >= 4 is 17.3 Å². The van der Waals surface area contributed by atoms with Crippen LogP contribution in [0.2, 0.25) is 0 Å². The Balaban J connectivity index is 1.50. The molecule has 0 bridgehead atoms. The predicted molar refractivity (Wildman–Crippen MR) is 114 cm³/mol. The normalized spacial score (nSPS) is 14.4. The van der Waals surface area contributed by atoms with Crippen LogP contribution in [0.4, 0.5) is 28.9 Å². The lowest BCUT2D eigenvalue weighted by molar-refractivity contribution is -0.384. The van der Waals surface area contributed by atoms with Gasteiger partial charge in [-0.2, -0.15) is 18.3 Å². The molecule has 178 valence electrons. The van der Waals surface area contributed by atoms with Crippen LogP contribution >= 0.6 is 0 Å². The molecule has 12 heteroatoms. The molecule has 2 aromatic carbocycles. The number of benzene rings is 2. The number of carbonyl (C=O) groups excluding carboxylic acids is 1. The van der Waals surface area contributed by atoms with Gasteiger partial charge in [0.05, 0.1) is 27.9 Å². The minimum Gasteiger partial charge on any atom is -0.362 e. The molecule has 0 N–H and O–H groups in total. The summed E-state index contributed by atoms with van der Waals surface area (Å²) in [5.74, 6) is -0.818. The Hall–Kier alpha value is -3.96. The molecule has 0 aliphatic carbocycles. The number of amides is 1. The summed E-state index contributed by atoms with van der Waals surface area (Å²) in [6.07, 6.45) is -3.34. The summed E-state index contributed by atoms with van der Waals surface area (Å²) in [4.78, 5) is 26.7. The summed E-state index contributed by atoms with van der Waals surface area (Å²) >= 11 is 0. The number of halogens is 4. The highest BCUT2D eigenvalue weighted by Crippen LogP contribution is 2.36. The lowest BCUT2D eigenvalue weighted by atomic mass is 10.1.